The van der Waals surface area contributed by atoms with Crippen LogP contribution in [0.4, 0.5) is 5.69 Å². The van der Waals surface area contributed by atoms with Crippen LogP contribution in [-0.4, -0.2) is 22.6 Å². The number of halogens is 1. The van der Waals surface area contributed by atoms with Crippen molar-refractivity contribution in [3.63, 3.8) is 0 Å². The van der Waals surface area contributed by atoms with Gasteiger partial charge in [-0.25, -0.2) is 5.43 Å². The van der Waals surface area contributed by atoms with Gasteiger partial charge < -0.3 is 14.8 Å². The summed E-state index contributed by atoms with van der Waals surface area (Å²) in [5, 5.41) is 16.5. The van der Waals surface area contributed by atoms with Crippen LogP contribution < -0.4 is 10.7 Å². The average molecular weight is 482 g/mol. The number of rotatable bonds is 4. The minimum atomic E-state index is -0.381. The zero-order chi connectivity index (χ0) is 22.0. The van der Waals surface area contributed by atoms with E-state index < -0.39 is 0 Å². The normalized spacial score (nSPS) is 14.2. The van der Waals surface area contributed by atoms with Gasteiger partial charge in [-0.15, -0.1) is 0 Å². The smallest absolute Gasteiger partial charge is 0.291 e. The van der Waals surface area contributed by atoms with Gasteiger partial charge in [0.1, 0.15) is 11.5 Å². The molecule has 0 aliphatic heterocycles. The summed E-state index contributed by atoms with van der Waals surface area (Å²) in [4.78, 5) is 25.1. The minimum absolute atomic E-state index is 0.0859. The molecular formula is C23H20BrN3O4. The molecule has 7 nitrogen and oxygen atoms in total. The standard InChI is InChI=1S/C23H20BrN3O4/c1-13-20-18(26-27-22(29)14-5-11-17(28)12-6-14)3-2-4-19(20)31-21(13)23(30)25-16-9-7-15(24)8-10-16/h5-12,28H,2-4H2,1H3,(H,25,30)(H,27,29)/b26-18+. The minimum Gasteiger partial charge on any atom is -0.508 e. The molecular weight excluding hydrogens is 462 g/mol. The number of furan rings is 1. The Balaban J connectivity index is 1.55. The van der Waals surface area contributed by atoms with E-state index in [1.807, 2.05) is 19.1 Å². The zero-order valence-corrected chi connectivity index (χ0v) is 18.3. The fraction of sp³-hybridized carbons (Fsp3) is 0.174. The topological polar surface area (TPSA) is 104 Å². The predicted molar refractivity (Wildman–Crippen MR) is 121 cm³/mol. The van der Waals surface area contributed by atoms with Gasteiger partial charge in [-0.1, -0.05) is 15.9 Å². The number of aromatic hydroxyl groups is 1. The van der Waals surface area contributed by atoms with Crippen molar-refractivity contribution in [2.75, 3.05) is 5.32 Å². The van der Waals surface area contributed by atoms with Gasteiger partial charge in [-0.2, -0.15) is 5.10 Å². The van der Waals surface area contributed by atoms with Crippen molar-refractivity contribution in [3.8, 4) is 5.75 Å². The monoisotopic (exact) mass is 481 g/mol. The van der Waals surface area contributed by atoms with Gasteiger partial charge >= 0.3 is 0 Å². The highest BCUT2D eigenvalue weighted by Crippen LogP contribution is 2.30. The number of hydrogen-bond donors (Lipinski definition) is 3. The maximum absolute atomic E-state index is 12.8. The van der Waals surface area contributed by atoms with Crippen LogP contribution in [-0.2, 0) is 6.42 Å². The van der Waals surface area contributed by atoms with Crippen LogP contribution >= 0.6 is 15.9 Å². The van der Waals surface area contributed by atoms with Crippen molar-refractivity contribution in [2.24, 2.45) is 5.10 Å². The molecule has 2 aromatic carbocycles. The number of aryl methyl sites for hydroxylation is 1. The molecule has 1 aromatic heterocycles. The number of phenolic OH excluding ortho intramolecular Hbond substituents is 1. The summed E-state index contributed by atoms with van der Waals surface area (Å²) in [5.74, 6) is 0.313. The number of fused-ring (bicyclic) bond motifs is 1. The molecule has 1 heterocycles. The summed E-state index contributed by atoms with van der Waals surface area (Å²) < 4.78 is 6.81. The number of nitrogens with one attached hydrogen (secondary N) is 2. The number of benzene rings is 2. The van der Waals surface area contributed by atoms with E-state index in [2.05, 4.69) is 31.8 Å². The van der Waals surface area contributed by atoms with Gasteiger partial charge in [0, 0.05) is 33.3 Å². The van der Waals surface area contributed by atoms with Gasteiger partial charge in [-0.3, -0.25) is 9.59 Å². The van der Waals surface area contributed by atoms with E-state index >= 15 is 0 Å². The first-order chi connectivity index (χ1) is 14.9. The molecule has 0 radical (unpaired) electrons. The van der Waals surface area contributed by atoms with Crippen LogP contribution in [0.1, 0.15) is 50.6 Å². The Hall–Kier alpha value is -3.39. The first kappa shape index (κ1) is 20.9. The number of amides is 2. The number of nitrogens with zero attached hydrogens (tertiary/aromatic N) is 1. The Kier molecular flexibility index (Phi) is 5.90. The summed E-state index contributed by atoms with van der Waals surface area (Å²) in [5.41, 5.74) is 5.76. The second kappa shape index (κ2) is 8.77. The SMILES string of the molecule is Cc1c(C(=O)Nc2ccc(Br)cc2)oc2c1/C(=N/NC(=O)c1ccc(O)cc1)CCC2. The van der Waals surface area contributed by atoms with Gasteiger partial charge in [0.2, 0.25) is 0 Å². The lowest BCUT2D eigenvalue weighted by Crippen LogP contribution is -2.22. The van der Waals surface area contributed by atoms with E-state index in [1.54, 1.807) is 12.1 Å². The number of phenols is 1. The second-order valence-electron chi connectivity index (χ2n) is 7.22. The average Bonchev–Trinajstić information content (AvgIpc) is 3.11. The van der Waals surface area contributed by atoms with Crippen molar-refractivity contribution >= 4 is 39.1 Å². The van der Waals surface area contributed by atoms with Gasteiger partial charge in [0.05, 0.1) is 5.71 Å². The molecule has 1 aliphatic rings. The second-order valence-corrected chi connectivity index (χ2v) is 8.13. The van der Waals surface area contributed by atoms with E-state index in [4.69, 9.17) is 4.42 Å². The Morgan fingerprint density at radius 2 is 1.74 bits per heavy atom. The number of carbonyl (C=O) groups excluding carboxylic acids is 2. The molecule has 0 spiro atoms. The van der Waals surface area contributed by atoms with Crippen molar-refractivity contribution in [3.05, 3.63) is 81.2 Å². The largest absolute Gasteiger partial charge is 0.508 e. The van der Waals surface area contributed by atoms with Crippen LogP contribution in [0.15, 0.2) is 62.5 Å². The Labute approximate surface area is 187 Å². The zero-order valence-electron chi connectivity index (χ0n) is 16.7. The van der Waals surface area contributed by atoms with Gasteiger partial charge in [0.15, 0.2) is 5.76 Å². The molecule has 1 aliphatic carbocycles. The molecule has 31 heavy (non-hydrogen) atoms. The maximum atomic E-state index is 12.8. The lowest BCUT2D eigenvalue weighted by Gasteiger charge is -2.13. The molecule has 8 heteroatoms. The number of hydrazone groups is 1. The van der Waals surface area contributed by atoms with E-state index in [-0.39, 0.29) is 23.3 Å². The molecule has 0 saturated heterocycles. The fourth-order valence-corrected chi connectivity index (χ4v) is 3.78. The van der Waals surface area contributed by atoms with Crippen LogP contribution in [0.2, 0.25) is 0 Å². The molecule has 3 N–H and O–H groups in total. The van der Waals surface area contributed by atoms with E-state index in [1.165, 1.54) is 24.3 Å². The predicted octanol–water partition coefficient (Wildman–Crippen LogP) is 4.78. The Morgan fingerprint density at radius 3 is 2.45 bits per heavy atom. The third kappa shape index (κ3) is 4.54. The quantitative estimate of drug-likeness (QED) is 0.466. The molecule has 0 unspecified atom stereocenters. The van der Waals surface area contributed by atoms with Crippen LogP contribution in [0.5, 0.6) is 5.75 Å². The highest BCUT2D eigenvalue weighted by Gasteiger charge is 2.28. The summed E-state index contributed by atoms with van der Waals surface area (Å²) in [6.07, 6.45) is 2.17. The summed E-state index contributed by atoms with van der Waals surface area (Å²) in [6, 6.07) is 13.2. The van der Waals surface area contributed by atoms with Crippen LogP contribution in [0, 0.1) is 6.92 Å². The van der Waals surface area contributed by atoms with Crippen molar-refractivity contribution in [1.82, 2.24) is 5.43 Å². The van der Waals surface area contributed by atoms with Crippen LogP contribution in [0.25, 0.3) is 0 Å². The molecule has 158 valence electrons. The number of carbonyl (C=O) groups is 2. The first-order valence-corrected chi connectivity index (χ1v) is 10.6. The van der Waals surface area contributed by atoms with Crippen LogP contribution in [0.3, 0.4) is 0 Å². The van der Waals surface area contributed by atoms with E-state index in [9.17, 15) is 14.7 Å². The van der Waals surface area contributed by atoms with Gasteiger partial charge in [0.25, 0.3) is 11.8 Å². The highest BCUT2D eigenvalue weighted by molar-refractivity contribution is 9.10. The lowest BCUT2D eigenvalue weighted by atomic mass is 9.93. The third-order valence-electron chi connectivity index (χ3n) is 5.06. The lowest BCUT2D eigenvalue weighted by molar-refractivity contribution is 0.0953. The summed E-state index contributed by atoms with van der Waals surface area (Å²) in [7, 11) is 0. The third-order valence-corrected chi connectivity index (χ3v) is 5.58. The van der Waals surface area contributed by atoms with E-state index in [0.717, 1.165) is 16.5 Å². The summed E-state index contributed by atoms with van der Waals surface area (Å²) >= 11 is 3.37. The molecule has 0 saturated carbocycles. The number of anilines is 1. The van der Waals surface area contributed by atoms with Crippen molar-refractivity contribution in [1.29, 1.82) is 0 Å². The number of hydrogen-bond acceptors (Lipinski definition) is 5. The van der Waals surface area contributed by atoms with Crippen molar-refractivity contribution < 1.29 is 19.1 Å². The molecule has 2 amide bonds. The fourth-order valence-electron chi connectivity index (χ4n) is 3.51. The molecule has 0 bridgehead atoms. The van der Waals surface area contributed by atoms with Crippen molar-refractivity contribution in [2.45, 2.75) is 26.2 Å². The molecule has 3 aromatic rings. The Morgan fingerprint density at radius 1 is 1.03 bits per heavy atom. The van der Waals surface area contributed by atoms with E-state index in [0.29, 0.717) is 41.1 Å². The van der Waals surface area contributed by atoms with Gasteiger partial charge in [-0.05, 0) is 68.3 Å². The maximum Gasteiger partial charge on any atom is 0.291 e. The molecule has 0 atom stereocenters. The summed E-state index contributed by atoms with van der Waals surface area (Å²) in [6.45, 7) is 1.82. The highest BCUT2D eigenvalue weighted by atomic mass is 79.9. The molecule has 0 fully saturated rings. The first-order valence-electron chi connectivity index (χ1n) is 9.78. The molecule has 4 rings (SSSR count). The Bertz CT molecular complexity index is 1160.